The number of halogens is 2. The van der Waals surface area contributed by atoms with E-state index in [0.717, 1.165) is 10.9 Å². The molecule has 0 spiro atoms. The highest BCUT2D eigenvalue weighted by Gasteiger charge is 2.12. The van der Waals surface area contributed by atoms with Crippen LogP contribution in [0.15, 0.2) is 41.4 Å². The lowest BCUT2D eigenvalue weighted by atomic mass is 10.3. The zero-order chi connectivity index (χ0) is 13.1. The molecule has 0 aliphatic carbocycles. The van der Waals surface area contributed by atoms with Gasteiger partial charge in [0.15, 0.2) is 6.20 Å². The predicted molar refractivity (Wildman–Crippen MR) is 62.0 cm³/mol. The summed E-state index contributed by atoms with van der Waals surface area (Å²) in [6, 6.07) is 3.91. The van der Waals surface area contributed by atoms with Crippen molar-refractivity contribution in [2.75, 3.05) is 0 Å². The maximum Gasteiger partial charge on any atom is 0.509 e. The van der Waals surface area contributed by atoms with Gasteiger partial charge < -0.3 is 9.84 Å². The molecule has 0 bridgehead atoms. The number of carbonyl (C=O) groups is 1. The molecule has 0 atom stereocenters. The molecular formula is C11H7BrFN2O3+. The van der Waals surface area contributed by atoms with Gasteiger partial charge in [0.2, 0.25) is 5.75 Å². The molecule has 92 valence electrons. The Hall–Kier alpha value is -2.02. The third-order valence-corrected chi connectivity index (χ3v) is 2.62. The Balaban J connectivity index is 2.28. The summed E-state index contributed by atoms with van der Waals surface area (Å²) < 4.78 is 19.5. The monoisotopic (exact) mass is 313 g/mol. The van der Waals surface area contributed by atoms with Crippen LogP contribution in [0.1, 0.15) is 0 Å². The van der Waals surface area contributed by atoms with Crippen LogP contribution >= 0.6 is 15.9 Å². The van der Waals surface area contributed by atoms with E-state index >= 15 is 0 Å². The fraction of sp³-hybridized carbons (Fsp3) is 0. The SMILES string of the molecule is O=C(O)[n+]1cncc(Oc2ccc(F)cc2Br)c1. The Morgan fingerprint density at radius 1 is 1.50 bits per heavy atom. The second-order valence-corrected chi connectivity index (χ2v) is 4.15. The van der Waals surface area contributed by atoms with Crippen molar-refractivity contribution in [3.05, 3.63) is 47.2 Å². The minimum absolute atomic E-state index is 0.229. The number of ether oxygens (including phenoxy) is 1. The van der Waals surface area contributed by atoms with Crippen LogP contribution in [0.3, 0.4) is 0 Å². The lowest BCUT2D eigenvalue weighted by Gasteiger charge is -2.05. The maximum absolute atomic E-state index is 12.9. The first-order valence-corrected chi connectivity index (χ1v) is 5.58. The molecule has 0 unspecified atom stereocenters. The van der Waals surface area contributed by atoms with Gasteiger partial charge in [0.05, 0.1) is 4.47 Å². The first-order chi connectivity index (χ1) is 8.56. The van der Waals surface area contributed by atoms with E-state index in [0.29, 0.717) is 10.2 Å². The zero-order valence-corrected chi connectivity index (χ0v) is 10.5. The minimum atomic E-state index is -1.17. The first-order valence-electron chi connectivity index (χ1n) is 4.79. The van der Waals surface area contributed by atoms with Crippen molar-refractivity contribution in [3.63, 3.8) is 0 Å². The number of hydrogen-bond donors (Lipinski definition) is 1. The van der Waals surface area contributed by atoms with Crippen LogP contribution in [0.4, 0.5) is 9.18 Å². The Kier molecular flexibility index (Phi) is 3.52. The second-order valence-electron chi connectivity index (χ2n) is 3.29. The molecule has 7 heteroatoms. The molecule has 18 heavy (non-hydrogen) atoms. The van der Waals surface area contributed by atoms with Crippen molar-refractivity contribution >= 4 is 22.0 Å². The van der Waals surface area contributed by atoms with Gasteiger partial charge in [-0.1, -0.05) is 4.98 Å². The quantitative estimate of drug-likeness (QED) is 0.866. The van der Waals surface area contributed by atoms with Crippen molar-refractivity contribution in [2.24, 2.45) is 0 Å². The highest BCUT2D eigenvalue weighted by atomic mass is 79.9. The topological polar surface area (TPSA) is 63.3 Å². The van der Waals surface area contributed by atoms with Gasteiger partial charge in [-0.25, -0.2) is 4.39 Å². The van der Waals surface area contributed by atoms with Gasteiger partial charge in [-0.3, -0.25) is 0 Å². The molecule has 2 rings (SSSR count). The summed E-state index contributed by atoms with van der Waals surface area (Å²) in [5.74, 6) is 0.189. The smallest absolute Gasteiger partial charge is 0.448 e. The summed E-state index contributed by atoms with van der Waals surface area (Å²) in [7, 11) is 0. The average molecular weight is 314 g/mol. The molecule has 0 fully saturated rings. The molecule has 2 aromatic rings. The Morgan fingerprint density at radius 3 is 2.94 bits per heavy atom. The van der Waals surface area contributed by atoms with Crippen LogP contribution in [-0.4, -0.2) is 16.2 Å². The third-order valence-electron chi connectivity index (χ3n) is 2.00. The first kappa shape index (κ1) is 12.4. The van der Waals surface area contributed by atoms with E-state index in [9.17, 15) is 9.18 Å². The summed E-state index contributed by atoms with van der Waals surface area (Å²) in [4.78, 5) is 14.4. The van der Waals surface area contributed by atoms with Gasteiger partial charge in [-0.15, -0.1) is 4.57 Å². The van der Waals surface area contributed by atoms with Gasteiger partial charge in [0, 0.05) is 0 Å². The van der Waals surface area contributed by atoms with E-state index in [-0.39, 0.29) is 5.75 Å². The van der Waals surface area contributed by atoms with Crippen molar-refractivity contribution < 1.29 is 23.6 Å². The Labute approximate surface area is 110 Å². The molecule has 1 aromatic heterocycles. The highest BCUT2D eigenvalue weighted by Crippen LogP contribution is 2.29. The van der Waals surface area contributed by atoms with Gasteiger partial charge in [-0.05, 0) is 34.1 Å². The third kappa shape index (κ3) is 2.80. The van der Waals surface area contributed by atoms with Gasteiger partial charge in [-0.2, -0.15) is 4.79 Å². The number of carboxylic acid groups (broad SMARTS) is 1. The zero-order valence-electron chi connectivity index (χ0n) is 8.88. The van der Waals surface area contributed by atoms with Crippen LogP contribution in [-0.2, 0) is 0 Å². The average Bonchev–Trinajstić information content (AvgIpc) is 2.33. The lowest BCUT2D eigenvalue weighted by Crippen LogP contribution is -2.41. The van der Waals surface area contributed by atoms with Crippen molar-refractivity contribution in [1.82, 2.24) is 4.98 Å². The van der Waals surface area contributed by atoms with Crippen LogP contribution in [0.2, 0.25) is 0 Å². The summed E-state index contributed by atoms with van der Waals surface area (Å²) in [5, 5.41) is 8.77. The van der Waals surface area contributed by atoms with Crippen molar-refractivity contribution in [2.45, 2.75) is 0 Å². The number of aromatic nitrogens is 2. The van der Waals surface area contributed by atoms with E-state index in [1.54, 1.807) is 0 Å². The molecule has 0 aliphatic rings. The van der Waals surface area contributed by atoms with Gasteiger partial charge >= 0.3 is 6.09 Å². The van der Waals surface area contributed by atoms with Crippen LogP contribution < -0.4 is 9.30 Å². The van der Waals surface area contributed by atoms with Crippen LogP contribution in [0.25, 0.3) is 0 Å². The number of hydrogen-bond acceptors (Lipinski definition) is 3. The van der Waals surface area contributed by atoms with E-state index < -0.39 is 11.9 Å². The van der Waals surface area contributed by atoms with Crippen LogP contribution in [0, 0.1) is 5.82 Å². The fourth-order valence-corrected chi connectivity index (χ4v) is 1.66. The highest BCUT2D eigenvalue weighted by molar-refractivity contribution is 9.10. The lowest BCUT2D eigenvalue weighted by molar-refractivity contribution is -0.588. The van der Waals surface area contributed by atoms with Gasteiger partial charge in [0.1, 0.15) is 17.8 Å². The normalized spacial score (nSPS) is 10.1. The molecule has 5 nitrogen and oxygen atoms in total. The molecule has 1 aromatic carbocycles. The van der Waals surface area contributed by atoms with E-state index in [4.69, 9.17) is 9.84 Å². The number of nitrogens with zero attached hydrogens (tertiary/aromatic N) is 2. The molecule has 0 aliphatic heterocycles. The predicted octanol–water partition coefficient (Wildman–Crippen LogP) is 2.59. The molecule has 1 heterocycles. The standard InChI is InChI=1S/C11H6BrFN2O3/c12-9-3-7(13)1-2-10(9)18-8-4-14-6-15(5-8)11(16)17/h1-6H/p+1. The fourth-order valence-electron chi connectivity index (χ4n) is 1.22. The largest absolute Gasteiger partial charge is 0.509 e. The van der Waals surface area contributed by atoms with E-state index in [1.807, 2.05) is 0 Å². The maximum atomic E-state index is 12.9. The molecule has 1 N–H and O–H groups in total. The minimum Gasteiger partial charge on any atom is -0.448 e. The molecule has 0 saturated carbocycles. The van der Waals surface area contributed by atoms with Gasteiger partial charge in [0.25, 0.3) is 6.33 Å². The van der Waals surface area contributed by atoms with Crippen LogP contribution in [0.5, 0.6) is 11.5 Å². The van der Waals surface area contributed by atoms with E-state index in [1.165, 1.54) is 30.6 Å². The van der Waals surface area contributed by atoms with E-state index in [2.05, 4.69) is 20.9 Å². The second kappa shape index (κ2) is 5.09. The Bertz CT molecular complexity index is 607. The number of benzene rings is 1. The summed E-state index contributed by atoms with van der Waals surface area (Å²) in [6.45, 7) is 0. The van der Waals surface area contributed by atoms with Crippen molar-refractivity contribution in [1.29, 1.82) is 0 Å². The molecule has 0 saturated heterocycles. The molecule has 0 amide bonds. The van der Waals surface area contributed by atoms with Crippen molar-refractivity contribution in [3.8, 4) is 11.5 Å². The number of rotatable bonds is 2. The summed E-state index contributed by atoms with van der Waals surface area (Å²) in [5.41, 5.74) is 0. The summed E-state index contributed by atoms with van der Waals surface area (Å²) >= 11 is 3.14. The Morgan fingerprint density at radius 2 is 2.28 bits per heavy atom. The molecule has 0 radical (unpaired) electrons. The summed E-state index contributed by atoms with van der Waals surface area (Å²) in [6.07, 6.45) is 2.57. The molecular weight excluding hydrogens is 307 g/mol.